The predicted molar refractivity (Wildman–Crippen MR) is 76.5 cm³/mol. The van der Waals surface area contributed by atoms with Crippen LogP contribution in [-0.4, -0.2) is 9.38 Å². The number of imidazole rings is 1. The normalized spacial score (nSPS) is 10.9. The summed E-state index contributed by atoms with van der Waals surface area (Å²) in [5.74, 6) is 0.878. The van der Waals surface area contributed by atoms with Crippen LogP contribution in [0.5, 0.6) is 5.75 Å². The number of benzene rings is 1. The van der Waals surface area contributed by atoms with Crippen molar-refractivity contribution < 1.29 is 4.74 Å². The van der Waals surface area contributed by atoms with Gasteiger partial charge in [-0.05, 0) is 17.7 Å². The van der Waals surface area contributed by atoms with Gasteiger partial charge in [-0.15, -0.1) is 11.3 Å². The molecule has 0 amide bonds. The minimum Gasteiger partial charge on any atom is -0.487 e. The molecule has 0 saturated carbocycles. The molecule has 2 heterocycles. The lowest BCUT2D eigenvalue weighted by Crippen LogP contribution is -1.95. The van der Waals surface area contributed by atoms with Crippen LogP contribution in [0.1, 0.15) is 11.3 Å². The molecule has 0 fully saturated rings. The summed E-state index contributed by atoms with van der Waals surface area (Å²) in [6, 6.07) is 8.06. The summed E-state index contributed by atoms with van der Waals surface area (Å²) in [6.07, 6.45) is 4.00. The number of aromatic nitrogens is 2. The maximum Gasteiger partial charge on any atom is 0.193 e. The molecule has 0 aliphatic carbocycles. The molecule has 18 heavy (non-hydrogen) atoms. The zero-order valence-corrected chi connectivity index (χ0v) is 11.9. The second-order valence-corrected chi connectivity index (χ2v) is 5.33. The highest BCUT2D eigenvalue weighted by Crippen LogP contribution is 2.17. The number of thiazole rings is 1. The van der Waals surface area contributed by atoms with Crippen LogP contribution in [0.3, 0.4) is 0 Å². The van der Waals surface area contributed by atoms with Gasteiger partial charge in [0.1, 0.15) is 12.4 Å². The molecule has 1 aromatic carbocycles. The molecule has 0 N–H and O–H groups in total. The Morgan fingerprint density at radius 1 is 1.39 bits per heavy atom. The van der Waals surface area contributed by atoms with E-state index in [1.807, 2.05) is 40.4 Å². The maximum absolute atomic E-state index is 5.74. The predicted octanol–water partition coefficient (Wildman–Crippen LogP) is 3.87. The quantitative estimate of drug-likeness (QED) is 0.682. The Kier molecular flexibility index (Phi) is 3.34. The Bertz CT molecular complexity index is 633. The number of nitrogens with zero attached hydrogens (tertiary/aromatic N) is 2. The van der Waals surface area contributed by atoms with Gasteiger partial charge in [-0.2, -0.15) is 0 Å². The SMILES string of the molecule is BrCc1cccc(OCc2cn3ccsc3n2)c1. The number of fused-ring (bicyclic) bond motifs is 1. The first-order chi connectivity index (χ1) is 8.85. The van der Waals surface area contributed by atoms with Gasteiger partial charge in [0, 0.05) is 23.1 Å². The van der Waals surface area contributed by atoms with E-state index in [0.717, 1.165) is 21.7 Å². The Morgan fingerprint density at radius 2 is 2.33 bits per heavy atom. The molecule has 0 aliphatic rings. The summed E-state index contributed by atoms with van der Waals surface area (Å²) in [5.41, 5.74) is 2.16. The van der Waals surface area contributed by atoms with Crippen molar-refractivity contribution in [2.24, 2.45) is 0 Å². The molecule has 0 saturated heterocycles. The molecule has 3 aromatic rings. The Morgan fingerprint density at radius 3 is 3.17 bits per heavy atom. The van der Waals surface area contributed by atoms with Crippen LogP contribution in [-0.2, 0) is 11.9 Å². The largest absolute Gasteiger partial charge is 0.487 e. The second-order valence-electron chi connectivity index (χ2n) is 3.89. The number of halogens is 1. The number of hydrogen-bond acceptors (Lipinski definition) is 3. The van der Waals surface area contributed by atoms with Gasteiger partial charge in [0.05, 0.1) is 5.69 Å². The average Bonchev–Trinajstić information content (AvgIpc) is 2.97. The lowest BCUT2D eigenvalue weighted by molar-refractivity contribution is 0.302. The third kappa shape index (κ3) is 2.42. The van der Waals surface area contributed by atoms with Crippen molar-refractivity contribution in [2.75, 3.05) is 0 Å². The van der Waals surface area contributed by atoms with E-state index in [0.29, 0.717) is 6.61 Å². The van der Waals surface area contributed by atoms with Gasteiger partial charge >= 0.3 is 0 Å². The zero-order chi connectivity index (χ0) is 12.4. The first kappa shape index (κ1) is 11.7. The third-order valence-electron chi connectivity index (χ3n) is 2.58. The van der Waals surface area contributed by atoms with Crippen molar-refractivity contribution >= 4 is 32.2 Å². The molecular weight excluding hydrogens is 312 g/mol. The standard InChI is InChI=1S/C13H11BrN2OS/c14-7-10-2-1-3-12(6-10)17-9-11-8-16-4-5-18-13(16)15-11/h1-6,8H,7,9H2. The summed E-state index contributed by atoms with van der Waals surface area (Å²) in [4.78, 5) is 5.48. The van der Waals surface area contributed by atoms with Crippen LogP contribution in [0, 0.1) is 0 Å². The highest BCUT2D eigenvalue weighted by atomic mass is 79.9. The van der Waals surface area contributed by atoms with Gasteiger partial charge in [-0.3, -0.25) is 4.40 Å². The molecular formula is C13H11BrN2OS. The Hall–Kier alpha value is -1.33. The summed E-state index contributed by atoms with van der Waals surface area (Å²) >= 11 is 5.06. The molecule has 3 rings (SSSR count). The molecule has 0 spiro atoms. The van der Waals surface area contributed by atoms with Gasteiger partial charge in [0.2, 0.25) is 0 Å². The fourth-order valence-corrected chi connectivity index (χ4v) is 2.79. The van der Waals surface area contributed by atoms with Crippen molar-refractivity contribution in [3.63, 3.8) is 0 Å². The highest BCUT2D eigenvalue weighted by molar-refractivity contribution is 9.08. The van der Waals surface area contributed by atoms with Crippen LogP contribution in [0.25, 0.3) is 4.96 Å². The molecule has 0 aliphatic heterocycles. The molecule has 0 bridgehead atoms. The Labute approximate surface area is 117 Å². The van der Waals surface area contributed by atoms with E-state index in [1.165, 1.54) is 5.56 Å². The van der Waals surface area contributed by atoms with E-state index in [2.05, 4.69) is 27.0 Å². The minimum atomic E-state index is 0.500. The van der Waals surface area contributed by atoms with Gasteiger partial charge in [0.15, 0.2) is 4.96 Å². The van der Waals surface area contributed by atoms with Crippen LogP contribution < -0.4 is 4.74 Å². The molecule has 0 unspecified atom stereocenters. The van der Waals surface area contributed by atoms with Crippen molar-refractivity contribution in [3.8, 4) is 5.75 Å². The van der Waals surface area contributed by atoms with Crippen molar-refractivity contribution in [1.82, 2.24) is 9.38 Å². The zero-order valence-electron chi connectivity index (χ0n) is 9.54. The number of rotatable bonds is 4. The van der Waals surface area contributed by atoms with Gasteiger partial charge in [-0.1, -0.05) is 28.1 Å². The first-order valence-electron chi connectivity index (χ1n) is 5.54. The van der Waals surface area contributed by atoms with E-state index >= 15 is 0 Å². The fourth-order valence-electron chi connectivity index (χ4n) is 1.72. The van der Waals surface area contributed by atoms with Crippen LogP contribution in [0.2, 0.25) is 0 Å². The van der Waals surface area contributed by atoms with E-state index in [1.54, 1.807) is 11.3 Å². The summed E-state index contributed by atoms with van der Waals surface area (Å²) in [7, 11) is 0. The van der Waals surface area contributed by atoms with Gasteiger partial charge in [-0.25, -0.2) is 4.98 Å². The number of ether oxygens (including phenoxy) is 1. The molecule has 0 atom stereocenters. The van der Waals surface area contributed by atoms with E-state index in [-0.39, 0.29) is 0 Å². The van der Waals surface area contributed by atoms with Crippen molar-refractivity contribution in [2.45, 2.75) is 11.9 Å². The molecule has 3 nitrogen and oxygen atoms in total. The second kappa shape index (κ2) is 5.12. The van der Waals surface area contributed by atoms with Crippen molar-refractivity contribution in [3.05, 3.63) is 53.3 Å². The molecule has 2 aromatic heterocycles. The minimum absolute atomic E-state index is 0.500. The van der Waals surface area contributed by atoms with E-state index < -0.39 is 0 Å². The third-order valence-corrected chi connectivity index (χ3v) is 4.00. The van der Waals surface area contributed by atoms with Gasteiger partial charge in [0.25, 0.3) is 0 Å². The van der Waals surface area contributed by atoms with E-state index in [4.69, 9.17) is 4.74 Å². The monoisotopic (exact) mass is 322 g/mol. The lowest BCUT2D eigenvalue weighted by Gasteiger charge is -2.05. The molecule has 5 heteroatoms. The van der Waals surface area contributed by atoms with E-state index in [9.17, 15) is 0 Å². The molecule has 0 radical (unpaired) electrons. The topological polar surface area (TPSA) is 26.5 Å². The lowest BCUT2D eigenvalue weighted by atomic mass is 10.2. The average molecular weight is 323 g/mol. The van der Waals surface area contributed by atoms with Crippen LogP contribution >= 0.6 is 27.3 Å². The fraction of sp³-hybridized carbons (Fsp3) is 0.154. The number of alkyl halides is 1. The number of hydrogen-bond donors (Lipinski definition) is 0. The molecule has 92 valence electrons. The van der Waals surface area contributed by atoms with Crippen LogP contribution in [0.4, 0.5) is 0 Å². The summed E-state index contributed by atoms with van der Waals surface area (Å²) < 4.78 is 7.75. The van der Waals surface area contributed by atoms with Crippen molar-refractivity contribution in [1.29, 1.82) is 0 Å². The summed E-state index contributed by atoms with van der Waals surface area (Å²) in [5, 5.41) is 2.86. The Balaban J connectivity index is 1.71. The smallest absolute Gasteiger partial charge is 0.193 e. The summed E-state index contributed by atoms with van der Waals surface area (Å²) in [6.45, 7) is 0.500. The highest BCUT2D eigenvalue weighted by Gasteiger charge is 2.03. The first-order valence-corrected chi connectivity index (χ1v) is 7.54. The van der Waals surface area contributed by atoms with Crippen LogP contribution in [0.15, 0.2) is 42.0 Å². The van der Waals surface area contributed by atoms with Gasteiger partial charge < -0.3 is 4.74 Å². The maximum atomic E-state index is 5.74.